The quantitative estimate of drug-likeness (QED) is 0.752. The number of aromatic nitrogens is 2. The highest BCUT2D eigenvalue weighted by Crippen LogP contribution is 2.27. The Kier molecular flexibility index (Phi) is 4.00. The van der Waals surface area contributed by atoms with E-state index in [0.29, 0.717) is 5.82 Å². The number of aromatic amines is 1. The highest BCUT2D eigenvalue weighted by atomic mass is 19.4. The van der Waals surface area contributed by atoms with Gasteiger partial charge in [0.15, 0.2) is 6.10 Å². The molecule has 3 N–H and O–H groups in total. The standard InChI is InChI=1S/C10H14F3N3O2/c1-9(2,8(18)10(11,12)13)16-7(17)5-6-14-3-4-15-6/h3-4,8,18H,5H2,1-2H3,(H,14,15)(H,16,17). The molecule has 5 nitrogen and oxygen atoms in total. The van der Waals surface area contributed by atoms with Gasteiger partial charge >= 0.3 is 6.18 Å². The van der Waals surface area contributed by atoms with Crippen molar-refractivity contribution in [3.8, 4) is 0 Å². The second kappa shape index (κ2) is 4.97. The molecule has 0 aliphatic heterocycles. The van der Waals surface area contributed by atoms with Crippen LogP contribution in [-0.2, 0) is 11.2 Å². The number of aliphatic hydroxyl groups is 1. The molecule has 1 unspecified atom stereocenters. The van der Waals surface area contributed by atoms with Crippen LogP contribution in [0.15, 0.2) is 12.4 Å². The lowest BCUT2D eigenvalue weighted by Crippen LogP contribution is -2.57. The maximum atomic E-state index is 12.4. The van der Waals surface area contributed by atoms with Crippen LogP contribution in [0.25, 0.3) is 0 Å². The Bertz CT molecular complexity index is 401. The number of hydrogen-bond donors (Lipinski definition) is 3. The number of hydrogen-bond acceptors (Lipinski definition) is 3. The third-order valence-corrected chi connectivity index (χ3v) is 2.34. The summed E-state index contributed by atoms with van der Waals surface area (Å²) in [5.41, 5.74) is -1.80. The number of imidazole rings is 1. The summed E-state index contributed by atoms with van der Waals surface area (Å²) in [4.78, 5) is 17.9. The lowest BCUT2D eigenvalue weighted by atomic mass is 9.96. The van der Waals surface area contributed by atoms with E-state index in [4.69, 9.17) is 5.11 Å². The maximum absolute atomic E-state index is 12.4. The number of aliphatic hydroxyl groups excluding tert-OH is 1. The van der Waals surface area contributed by atoms with Gasteiger partial charge in [-0.3, -0.25) is 4.79 Å². The Morgan fingerprint density at radius 2 is 2.17 bits per heavy atom. The normalized spacial score (nSPS) is 14.3. The Balaban J connectivity index is 2.62. The van der Waals surface area contributed by atoms with Crippen molar-refractivity contribution >= 4 is 5.91 Å². The number of H-pyrrole nitrogens is 1. The van der Waals surface area contributed by atoms with E-state index in [0.717, 1.165) is 13.8 Å². The Labute approximate surface area is 101 Å². The maximum Gasteiger partial charge on any atom is 0.416 e. The molecule has 0 aromatic carbocycles. The Hall–Kier alpha value is -1.57. The monoisotopic (exact) mass is 265 g/mol. The molecule has 0 saturated carbocycles. The molecule has 0 saturated heterocycles. The predicted octanol–water partition coefficient (Wildman–Crippen LogP) is 0.770. The second-order valence-electron chi connectivity index (χ2n) is 4.43. The van der Waals surface area contributed by atoms with E-state index in [-0.39, 0.29) is 6.42 Å². The molecule has 18 heavy (non-hydrogen) atoms. The lowest BCUT2D eigenvalue weighted by molar-refractivity contribution is -0.223. The van der Waals surface area contributed by atoms with E-state index in [2.05, 4.69) is 15.3 Å². The fourth-order valence-corrected chi connectivity index (χ4v) is 1.43. The molecule has 102 valence electrons. The average Bonchev–Trinajstić information content (AvgIpc) is 2.66. The number of alkyl halides is 3. The Morgan fingerprint density at radius 3 is 2.61 bits per heavy atom. The van der Waals surface area contributed by atoms with Crippen LogP contribution in [-0.4, -0.2) is 38.8 Å². The van der Waals surface area contributed by atoms with E-state index < -0.39 is 23.7 Å². The fourth-order valence-electron chi connectivity index (χ4n) is 1.43. The molecule has 0 aliphatic carbocycles. The molecule has 1 heterocycles. The summed E-state index contributed by atoms with van der Waals surface area (Å²) in [6.07, 6.45) is -4.68. The minimum Gasteiger partial charge on any atom is -0.382 e. The van der Waals surface area contributed by atoms with Crippen molar-refractivity contribution < 1.29 is 23.1 Å². The molecular weight excluding hydrogens is 251 g/mol. The first-order chi connectivity index (χ1) is 8.13. The van der Waals surface area contributed by atoms with Crippen molar-refractivity contribution in [3.05, 3.63) is 18.2 Å². The topological polar surface area (TPSA) is 78.0 Å². The van der Waals surface area contributed by atoms with Crippen molar-refractivity contribution in [1.29, 1.82) is 0 Å². The molecule has 1 rings (SSSR count). The van der Waals surface area contributed by atoms with E-state index in [1.54, 1.807) is 0 Å². The van der Waals surface area contributed by atoms with Crippen LogP contribution in [0, 0.1) is 0 Å². The number of amides is 1. The van der Waals surface area contributed by atoms with Gasteiger partial charge in [-0.25, -0.2) is 4.98 Å². The first-order valence-electron chi connectivity index (χ1n) is 5.17. The van der Waals surface area contributed by atoms with Crippen LogP contribution in [0.2, 0.25) is 0 Å². The van der Waals surface area contributed by atoms with Crippen LogP contribution in [0.3, 0.4) is 0 Å². The predicted molar refractivity (Wildman–Crippen MR) is 56.6 cm³/mol. The smallest absolute Gasteiger partial charge is 0.382 e. The molecule has 0 spiro atoms. The van der Waals surface area contributed by atoms with E-state index in [1.165, 1.54) is 12.4 Å². The number of carbonyl (C=O) groups excluding carboxylic acids is 1. The zero-order valence-electron chi connectivity index (χ0n) is 9.88. The summed E-state index contributed by atoms with van der Waals surface area (Å²) < 4.78 is 37.1. The molecule has 1 amide bonds. The summed E-state index contributed by atoms with van der Waals surface area (Å²) in [5, 5.41) is 11.3. The molecule has 0 aliphatic rings. The number of nitrogens with zero attached hydrogens (tertiary/aromatic N) is 1. The number of nitrogens with one attached hydrogen (secondary N) is 2. The Morgan fingerprint density at radius 1 is 1.56 bits per heavy atom. The van der Waals surface area contributed by atoms with Crippen molar-refractivity contribution in [2.45, 2.75) is 38.1 Å². The first kappa shape index (κ1) is 14.5. The van der Waals surface area contributed by atoms with Gasteiger partial charge in [-0.2, -0.15) is 13.2 Å². The van der Waals surface area contributed by atoms with Crippen LogP contribution >= 0.6 is 0 Å². The third-order valence-electron chi connectivity index (χ3n) is 2.34. The summed E-state index contributed by atoms with van der Waals surface area (Å²) in [6, 6.07) is 0. The van der Waals surface area contributed by atoms with Gasteiger partial charge in [-0.1, -0.05) is 0 Å². The first-order valence-corrected chi connectivity index (χ1v) is 5.17. The van der Waals surface area contributed by atoms with Crippen LogP contribution in [0.5, 0.6) is 0 Å². The molecular formula is C10H14F3N3O2. The minimum absolute atomic E-state index is 0.180. The van der Waals surface area contributed by atoms with Gasteiger partial charge in [0.1, 0.15) is 5.82 Å². The van der Waals surface area contributed by atoms with Gasteiger partial charge < -0.3 is 15.4 Å². The highest BCUT2D eigenvalue weighted by Gasteiger charge is 2.48. The van der Waals surface area contributed by atoms with E-state index in [1.807, 2.05) is 0 Å². The second-order valence-corrected chi connectivity index (χ2v) is 4.43. The van der Waals surface area contributed by atoms with Gasteiger partial charge in [0, 0.05) is 12.4 Å². The molecule has 0 radical (unpaired) electrons. The summed E-state index contributed by atoms with van der Waals surface area (Å²) in [7, 11) is 0. The van der Waals surface area contributed by atoms with Gasteiger partial charge in [0.05, 0.1) is 12.0 Å². The van der Waals surface area contributed by atoms with Gasteiger partial charge in [0.2, 0.25) is 5.91 Å². The van der Waals surface area contributed by atoms with Gasteiger partial charge in [-0.15, -0.1) is 0 Å². The number of halogens is 3. The lowest BCUT2D eigenvalue weighted by Gasteiger charge is -2.32. The SMILES string of the molecule is CC(C)(NC(=O)Cc1ncc[nH]1)C(O)C(F)(F)F. The van der Waals surface area contributed by atoms with Crippen molar-refractivity contribution in [2.75, 3.05) is 0 Å². The average molecular weight is 265 g/mol. The number of carbonyl (C=O) groups is 1. The van der Waals surface area contributed by atoms with Crippen LogP contribution < -0.4 is 5.32 Å². The summed E-state index contributed by atoms with van der Waals surface area (Å²) in [5.74, 6) is -0.317. The highest BCUT2D eigenvalue weighted by molar-refractivity contribution is 5.78. The molecule has 0 bridgehead atoms. The molecule has 0 fully saturated rings. The van der Waals surface area contributed by atoms with E-state index >= 15 is 0 Å². The van der Waals surface area contributed by atoms with E-state index in [9.17, 15) is 18.0 Å². The summed E-state index contributed by atoms with van der Waals surface area (Å²) in [6.45, 7) is 2.20. The van der Waals surface area contributed by atoms with Crippen molar-refractivity contribution in [2.24, 2.45) is 0 Å². The molecule has 1 aromatic heterocycles. The zero-order chi connectivity index (χ0) is 14.0. The van der Waals surface area contributed by atoms with Crippen molar-refractivity contribution in [3.63, 3.8) is 0 Å². The molecule has 1 atom stereocenters. The number of rotatable bonds is 4. The van der Waals surface area contributed by atoms with Crippen molar-refractivity contribution in [1.82, 2.24) is 15.3 Å². The van der Waals surface area contributed by atoms with Gasteiger partial charge in [0.25, 0.3) is 0 Å². The molecule has 1 aromatic rings. The van der Waals surface area contributed by atoms with Crippen LogP contribution in [0.1, 0.15) is 19.7 Å². The minimum atomic E-state index is -4.79. The molecule has 8 heteroatoms. The zero-order valence-corrected chi connectivity index (χ0v) is 9.88. The van der Waals surface area contributed by atoms with Crippen LogP contribution in [0.4, 0.5) is 13.2 Å². The van der Waals surface area contributed by atoms with Gasteiger partial charge in [-0.05, 0) is 13.8 Å². The summed E-state index contributed by atoms with van der Waals surface area (Å²) >= 11 is 0. The third kappa shape index (κ3) is 3.73. The fraction of sp³-hybridized carbons (Fsp3) is 0.600. The largest absolute Gasteiger partial charge is 0.416 e.